The molecule has 1 aliphatic rings. The first-order chi connectivity index (χ1) is 26.8. The van der Waals surface area contributed by atoms with E-state index in [1.807, 2.05) is 6.07 Å². The van der Waals surface area contributed by atoms with Crippen molar-refractivity contribution in [2.24, 2.45) is 0 Å². The van der Waals surface area contributed by atoms with Crippen molar-refractivity contribution < 1.29 is 0 Å². The van der Waals surface area contributed by atoms with Gasteiger partial charge in [-0.1, -0.05) is 127 Å². The zero-order valence-corrected chi connectivity index (χ0v) is 29.5. The lowest BCUT2D eigenvalue weighted by Gasteiger charge is -2.13. The summed E-state index contributed by atoms with van der Waals surface area (Å²) in [5, 5.41) is 5.95. The fraction of sp³-hybridized carbons (Fsp3) is 0.0400. The largest absolute Gasteiger partial charge is 0.309 e. The third-order valence-electron chi connectivity index (χ3n) is 11.0. The molecule has 0 N–H and O–H groups in total. The molecule has 4 aromatic heterocycles. The Balaban J connectivity index is 1.18. The van der Waals surface area contributed by atoms with E-state index >= 15 is 0 Å². The molecule has 54 heavy (non-hydrogen) atoms. The summed E-state index contributed by atoms with van der Waals surface area (Å²) >= 11 is 0. The van der Waals surface area contributed by atoms with Gasteiger partial charge in [-0.2, -0.15) is 0 Å². The van der Waals surface area contributed by atoms with Crippen molar-refractivity contribution in [1.82, 2.24) is 19.1 Å². The molecular formula is C50H34N4. The van der Waals surface area contributed by atoms with Gasteiger partial charge in [-0.05, 0) is 78.6 Å². The van der Waals surface area contributed by atoms with Crippen molar-refractivity contribution in [1.29, 1.82) is 0 Å². The Bertz CT molecular complexity index is 3140. The molecule has 4 heteroatoms. The lowest BCUT2D eigenvalue weighted by atomic mass is 9.99. The van der Waals surface area contributed by atoms with Gasteiger partial charge >= 0.3 is 0 Å². The highest BCUT2D eigenvalue weighted by Gasteiger charge is 2.22. The minimum absolute atomic E-state index is 0.863. The van der Waals surface area contributed by atoms with Crippen LogP contribution in [-0.2, 0) is 0 Å². The second-order valence-corrected chi connectivity index (χ2v) is 14.1. The van der Waals surface area contributed by atoms with E-state index in [1.54, 1.807) is 0 Å². The minimum atomic E-state index is 0.863. The molecule has 254 valence electrons. The standard InChI is InChI=1S/C50H34N4/c1-3-14-33(15-4-1)34-26-28-36(29-27-34)53-45-24-11-8-19-38(45)39-30-31-47-49(50(39)53)40-20-9-12-25-46(40)54(47)48-32-41(37-18-7-10-21-43(37)52-48)44-23-13-22-42(51-44)35-16-5-2-6-17-35/h2-3,5-32H,1,4H2. The first-order valence-electron chi connectivity index (χ1n) is 18.7. The SMILES string of the molecule is C1=CC(c2ccc(-n3c4ccccc4c4ccc5c(c6ccccc6n5-c5cc(-c6cccc(-c7ccccc7)n6)c6ccccc6n5)c43)cc2)=CCC1. The number of hydrogen-bond acceptors (Lipinski definition) is 2. The number of para-hydroxylation sites is 3. The van der Waals surface area contributed by atoms with Gasteiger partial charge in [-0.3, -0.25) is 4.57 Å². The van der Waals surface area contributed by atoms with Crippen molar-refractivity contribution in [3.05, 3.63) is 188 Å². The van der Waals surface area contributed by atoms with Crippen molar-refractivity contribution in [2.45, 2.75) is 12.8 Å². The third kappa shape index (κ3) is 4.77. The highest BCUT2D eigenvalue weighted by Crippen LogP contribution is 2.42. The number of rotatable bonds is 5. The number of benzene rings is 6. The van der Waals surface area contributed by atoms with Gasteiger partial charge in [0.15, 0.2) is 0 Å². The number of allylic oxidation sites excluding steroid dienone is 4. The van der Waals surface area contributed by atoms with E-state index in [1.165, 1.54) is 43.7 Å². The summed E-state index contributed by atoms with van der Waals surface area (Å²) in [5.41, 5.74) is 13.3. The monoisotopic (exact) mass is 690 g/mol. The predicted octanol–water partition coefficient (Wildman–Crippen LogP) is 12.9. The molecule has 11 rings (SSSR count). The zero-order valence-electron chi connectivity index (χ0n) is 29.5. The first kappa shape index (κ1) is 30.6. The van der Waals surface area contributed by atoms with Gasteiger partial charge in [-0.25, -0.2) is 9.97 Å². The Morgan fingerprint density at radius 1 is 0.463 bits per heavy atom. The van der Waals surface area contributed by atoms with Crippen LogP contribution in [0.2, 0.25) is 0 Å². The Morgan fingerprint density at radius 2 is 1.19 bits per heavy atom. The van der Waals surface area contributed by atoms with Gasteiger partial charge in [0.2, 0.25) is 0 Å². The van der Waals surface area contributed by atoms with Gasteiger partial charge < -0.3 is 4.57 Å². The smallest absolute Gasteiger partial charge is 0.138 e. The van der Waals surface area contributed by atoms with Gasteiger partial charge in [0, 0.05) is 43.7 Å². The molecule has 10 aromatic rings. The number of pyridine rings is 2. The molecule has 0 aliphatic heterocycles. The lowest BCUT2D eigenvalue weighted by Crippen LogP contribution is -2.00. The maximum atomic E-state index is 5.36. The van der Waals surface area contributed by atoms with E-state index in [2.05, 4.69) is 185 Å². The summed E-state index contributed by atoms with van der Waals surface area (Å²) < 4.78 is 4.80. The fourth-order valence-electron chi connectivity index (χ4n) is 8.50. The van der Waals surface area contributed by atoms with E-state index in [-0.39, 0.29) is 0 Å². The fourth-order valence-corrected chi connectivity index (χ4v) is 8.50. The van der Waals surface area contributed by atoms with Gasteiger partial charge in [0.25, 0.3) is 0 Å². The topological polar surface area (TPSA) is 35.6 Å². The molecular weight excluding hydrogens is 657 g/mol. The molecule has 0 atom stereocenters. The van der Waals surface area contributed by atoms with Crippen LogP contribution in [0.25, 0.3) is 94.1 Å². The Kier molecular flexibility index (Phi) is 6.96. The molecule has 0 radical (unpaired) electrons. The van der Waals surface area contributed by atoms with Crippen molar-refractivity contribution in [3.63, 3.8) is 0 Å². The number of hydrogen-bond donors (Lipinski definition) is 0. The lowest BCUT2D eigenvalue weighted by molar-refractivity contribution is 1.04. The molecule has 6 aromatic carbocycles. The van der Waals surface area contributed by atoms with Crippen LogP contribution in [0.5, 0.6) is 0 Å². The highest BCUT2D eigenvalue weighted by molar-refractivity contribution is 6.26. The normalized spacial score (nSPS) is 13.1. The summed E-state index contributed by atoms with van der Waals surface area (Å²) in [6.45, 7) is 0. The molecule has 0 unspecified atom stereocenters. The van der Waals surface area contributed by atoms with E-state index in [9.17, 15) is 0 Å². The van der Waals surface area contributed by atoms with Crippen LogP contribution < -0.4 is 0 Å². The summed E-state index contributed by atoms with van der Waals surface area (Å²) in [6, 6.07) is 58.5. The van der Waals surface area contributed by atoms with E-state index in [4.69, 9.17) is 9.97 Å². The van der Waals surface area contributed by atoms with Crippen molar-refractivity contribution >= 4 is 60.1 Å². The van der Waals surface area contributed by atoms with Crippen LogP contribution in [0.1, 0.15) is 18.4 Å². The van der Waals surface area contributed by atoms with Gasteiger partial charge in [-0.15, -0.1) is 0 Å². The molecule has 1 aliphatic carbocycles. The van der Waals surface area contributed by atoms with E-state index < -0.39 is 0 Å². The molecule has 0 saturated carbocycles. The first-order valence-corrected chi connectivity index (χ1v) is 18.7. The molecule has 0 amide bonds. The highest BCUT2D eigenvalue weighted by atomic mass is 15.1. The van der Waals surface area contributed by atoms with Crippen LogP contribution in [0.3, 0.4) is 0 Å². The van der Waals surface area contributed by atoms with Crippen LogP contribution in [0.15, 0.2) is 182 Å². The average molecular weight is 691 g/mol. The Hall–Kier alpha value is -7.04. The Morgan fingerprint density at radius 3 is 2.00 bits per heavy atom. The summed E-state index contributed by atoms with van der Waals surface area (Å²) in [7, 11) is 0. The summed E-state index contributed by atoms with van der Waals surface area (Å²) in [6.07, 6.45) is 9.07. The van der Waals surface area contributed by atoms with Crippen LogP contribution in [-0.4, -0.2) is 19.1 Å². The average Bonchev–Trinajstić information content (AvgIpc) is 3.77. The maximum absolute atomic E-state index is 5.36. The predicted molar refractivity (Wildman–Crippen MR) is 225 cm³/mol. The number of fused-ring (bicyclic) bond motifs is 8. The number of nitrogens with zero attached hydrogens (tertiary/aromatic N) is 4. The quantitative estimate of drug-likeness (QED) is 0.180. The third-order valence-corrected chi connectivity index (χ3v) is 11.0. The maximum Gasteiger partial charge on any atom is 0.138 e. The van der Waals surface area contributed by atoms with Crippen LogP contribution in [0, 0.1) is 0 Å². The van der Waals surface area contributed by atoms with Crippen LogP contribution >= 0.6 is 0 Å². The molecule has 4 heterocycles. The number of aromatic nitrogens is 4. The molecule has 0 bridgehead atoms. The van der Waals surface area contributed by atoms with Crippen molar-refractivity contribution in [2.75, 3.05) is 0 Å². The zero-order chi connectivity index (χ0) is 35.6. The van der Waals surface area contributed by atoms with E-state index in [0.29, 0.717) is 0 Å². The Labute approximate surface area is 312 Å². The second-order valence-electron chi connectivity index (χ2n) is 14.1. The minimum Gasteiger partial charge on any atom is -0.309 e. The summed E-state index contributed by atoms with van der Waals surface area (Å²) in [4.78, 5) is 10.6. The van der Waals surface area contributed by atoms with E-state index in [0.717, 1.165) is 68.8 Å². The van der Waals surface area contributed by atoms with Gasteiger partial charge in [0.1, 0.15) is 5.82 Å². The molecule has 0 saturated heterocycles. The molecule has 0 fully saturated rings. The second kappa shape index (κ2) is 12.3. The summed E-state index contributed by atoms with van der Waals surface area (Å²) in [5.74, 6) is 0.863. The van der Waals surface area contributed by atoms with Crippen LogP contribution in [0.4, 0.5) is 0 Å². The molecule has 0 spiro atoms. The van der Waals surface area contributed by atoms with Gasteiger partial charge in [0.05, 0.1) is 39.0 Å². The molecule has 4 nitrogen and oxygen atoms in total. The van der Waals surface area contributed by atoms with Crippen molar-refractivity contribution in [3.8, 4) is 34.0 Å².